The second-order valence-corrected chi connectivity index (χ2v) is 5.32. The molecule has 6 heteroatoms. The first-order chi connectivity index (χ1) is 9.61. The summed E-state index contributed by atoms with van der Waals surface area (Å²) < 4.78 is 26.7. The summed E-state index contributed by atoms with van der Waals surface area (Å²) >= 11 is 0. The van der Waals surface area contributed by atoms with Crippen LogP contribution in [0.4, 0.5) is 8.78 Å². The summed E-state index contributed by atoms with van der Waals surface area (Å²) in [6, 6.07) is 3.94. The quantitative estimate of drug-likeness (QED) is 0.927. The molecule has 0 aliphatic carbocycles. The zero-order chi connectivity index (χ0) is 14.5. The normalized spacial score (nSPS) is 18.2. The van der Waals surface area contributed by atoms with Crippen molar-refractivity contribution < 1.29 is 13.6 Å². The van der Waals surface area contributed by atoms with Gasteiger partial charge in [0.05, 0.1) is 6.42 Å². The van der Waals surface area contributed by atoms with E-state index in [1.807, 2.05) is 0 Å². The van der Waals surface area contributed by atoms with Crippen molar-refractivity contribution in [3.63, 3.8) is 0 Å². The lowest BCUT2D eigenvalue weighted by atomic mass is 9.94. The summed E-state index contributed by atoms with van der Waals surface area (Å²) in [5.74, 6) is -1.54. The lowest BCUT2D eigenvalue weighted by Gasteiger charge is -2.32. The van der Waals surface area contributed by atoms with E-state index < -0.39 is 11.6 Å². The van der Waals surface area contributed by atoms with Crippen molar-refractivity contribution in [3.8, 4) is 0 Å². The Balaban J connectivity index is 0.00000220. The predicted molar refractivity (Wildman–Crippen MR) is 80.3 cm³/mol. The molecule has 1 atom stereocenters. The summed E-state index contributed by atoms with van der Waals surface area (Å²) in [7, 11) is 0. The Labute approximate surface area is 129 Å². The number of carbonyl (C=O) groups is 1. The third kappa shape index (κ3) is 4.64. The minimum absolute atomic E-state index is 0. The molecule has 21 heavy (non-hydrogen) atoms. The number of halogens is 3. The minimum atomic E-state index is -0.920. The number of amides is 1. The first kappa shape index (κ1) is 17.9. The van der Waals surface area contributed by atoms with Crippen molar-refractivity contribution >= 4 is 18.3 Å². The van der Waals surface area contributed by atoms with Gasteiger partial charge < -0.3 is 10.6 Å². The maximum Gasteiger partial charge on any atom is 0.227 e. The van der Waals surface area contributed by atoms with Crippen LogP contribution in [0.1, 0.15) is 24.8 Å². The molecule has 3 nitrogen and oxygen atoms in total. The van der Waals surface area contributed by atoms with Gasteiger partial charge in [-0.25, -0.2) is 8.78 Å². The first-order valence-corrected chi connectivity index (χ1v) is 7.02. The van der Waals surface area contributed by atoms with Crippen LogP contribution in [0.3, 0.4) is 0 Å². The number of hydrogen-bond acceptors (Lipinski definition) is 2. The van der Waals surface area contributed by atoms with Crippen molar-refractivity contribution in [1.29, 1.82) is 0 Å². The van der Waals surface area contributed by atoms with Crippen LogP contribution < -0.4 is 5.73 Å². The molecule has 1 saturated heterocycles. The summed E-state index contributed by atoms with van der Waals surface area (Å²) in [6.45, 7) is 1.98. The molecule has 1 heterocycles. The summed E-state index contributed by atoms with van der Waals surface area (Å²) in [5.41, 5.74) is 5.67. The summed E-state index contributed by atoms with van der Waals surface area (Å²) in [5, 5.41) is 0. The van der Waals surface area contributed by atoms with Crippen molar-refractivity contribution in [3.05, 3.63) is 35.4 Å². The highest BCUT2D eigenvalue weighted by atomic mass is 35.5. The molecule has 1 amide bonds. The summed E-state index contributed by atoms with van der Waals surface area (Å²) in [6.07, 6.45) is 2.84. The minimum Gasteiger partial charge on any atom is -0.342 e. The number of piperidine rings is 1. The average molecular weight is 319 g/mol. The van der Waals surface area contributed by atoms with E-state index in [1.54, 1.807) is 4.90 Å². The summed E-state index contributed by atoms with van der Waals surface area (Å²) in [4.78, 5) is 13.9. The molecular formula is C15H21ClF2N2O. The molecule has 2 rings (SSSR count). The second-order valence-electron chi connectivity index (χ2n) is 5.32. The van der Waals surface area contributed by atoms with Gasteiger partial charge in [0.2, 0.25) is 5.91 Å². The Morgan fingerprint density at radius 1 is 1.38 bits per heavy atom. The molecule has 1 aromatic carbocycles. The van der Waals surface area contributed by atoms with Gasteiger partial charge in [0.25, 0.3) is 0 Å². The highest BCUT2D eigenvalue weighted by Crippen LogP contribution is 2.20. The molecule has 118 valence electrons. The van der Waals surface area contributed by atoms with Gasteiger partial charge in [-0.15, -0.1) is 12.4 Å². The Morgan fingerprint density at radius 2 is 2.14 bits per heavy atom. The van der Waals surface area contributed by atoms with Gasteiger partial charge in [-0.05, 0) is 37.8 Å². The number of likely N-dealkylation sites (tertiary alicyclic amines) is 1. The van der Waals surface area contributed by atoms with Gasteiger partial charge >= 0.3 is 0 Å². The van der Waals surface area contributed by atoms with Crippen molar-refractivity contribution in [2.75, 3.05) is 19.6 Å². The Kier molecular flexibility index (Phi) is 7.05. The van der Waals surface area contributed by atoms with E-state index in [1.165, 1.54) is 12.1 Å². The number of nitrogens with zero attached hydrogens (tertiary/aromatic N) is 1. The van der Waals surface area contributed by atoms with Gasteiger partial charge in [-0.3, -0.25) is 4.79 Å². The Bertz CT molecular complexity index is 483. The molecule has 1 aliphatic rings. The number of rotatable bonds is 4. The molecule has 0 aromatic heterocycles. The van der Waals surface area contributed by atoms with Gasteiger partial charge in [0.1, 0.15) is 0 Å². The Hall–Kier alpha value is -1.20. The molecule has 2 N–H and O–H groups in total. The molecule has 0 saturated carbocycles. The van der Waals surface area contributed by atoms with Crippen molar-refractivity contribution in [2.45, 2.75) is 25.7 Å². The van der Waals surface area contributed by atoms with Crippen LogP contribution in [-0.2, 0) is 11.2 Å². The van der Waals surface area contributed by atoms with Crippen LogP contribution >= 0.6 is 12.4 Å². The molecule has 0 bridgehead atoms. The zero-order valence-electron chi connectivity index (χ0n) is 11.9. The maximum absolute atomic E-state index is 13.6. The van der Waals surface area contributed by atoms with E-state index >= 15 is 0 Å². The molecular weight excluding hydrogens is 298 g/mol. The van der Waals surface area contributed by atoms with E-state index in [0.717, 1.165) is 25.3 Å². The molecule has 1 fully saturated rings. The largest absolute Gasteiger partial charge is 0.342 e. The second kappa shape index (κ2) is 8.29. The highest BCUT2D eigenvalue weighted by molar-refractivity contribution is 5.85. The smallest absolute Gasteiger partial charge is 0.227 e. The fourth-order valence-corrected chi connectivity index (χ4v) is 2.72. The lowest BCUT2D eigenvalue weighted by molar-refractivity contribution is -0.132. The standard InChI is InChI=1S/C15H20F2N2O.ClH/c16-13-5-1-4-12(15(13)17)9-14(20)19-8-2-3-11(10-19)6-7-18;/h1,4-5,11H,2-3,6-10,18H2;1H. The molecule has 0 radical (unpaired) electrons. The fraction of sp³-hybridized carbons (Fsp3) is 0.533. The number of hydrogen-bond donors (Lipinski definition) is 1. The highest BCUT2D eigenvalue weighted by Gasteiger charge is 2.24. The van der Waals surface area contributed by atoms with Crippen LogP contribution in [-0.4, -0.2) is 30.4 Å². The molecule has 1 unspecified atom stereocenters. The lowest BCUT2D eigenvalue weighted by Crippen LogP contribution is -2.41. The SMILES string of the molecule is Cl.NCCC1CCCN(C(=O)Cc2cccc(F)c2F)C1. The number of carbonyl (C=O) groups excluding carboxylic acids is 1. The third-order valence-electron chi connectivity index (χ3n) is 3.82. The van der Waals surface area contributed by atoms with E-state index in [4.69, 9.17) is 5.73 Å². The van der Waals surface area contributed by atoms with Crippen LogP contribution in [0.5, 0.6) is 0 Å². The predicted octanol–water partition coefficient (Wildman–Crippen LogP) is 2.52. The zero-order valence-corrected chi connectivity index (χ0v) is 12.7. The van der Waals surface area contributed by atoms with Crippen molar-refractivity contribution in [2.24, 2.45) is 11.7 Å². The third-order valence-corrected chi connectivity index (χ3v) is 3.82. The molecule has 1 aromatic rings. The first-order valence-electron chi connectivity index (χ1n) is 7.02. The van der Waals surface area contributed by atoms with Gasteiger partial charge in [0, 0.05) is 18.7 Å². The van der Waals surface area contributed by atoms with Crippen molar-refractivity contribution in [1.82, 2.24) is 4.90 Å². The van der Waals surface area contributed by atoms with Gasteiger partial charge in [-0.1, -0.05) is 12.1 Å². The number of nitrogens with two attached hydrogens (primary N) is 1. The van der Waals surface area contributed by atoms with Crippen LogP contribution in [0.2, 0.25) is 0 Å². The van der Waals surface area contributed by atoms with E-state index in [0.29, 0.717) is 25.6 Å². The van der Waals surface area contributed by atoms with E-state index in [9.17, 15) is 13.6 Å². The van der Waals surface area contributed by atoms with Gasteiger partial charge in [0.15, 0.2) is 11.6 Å². The van der Waals surface area contributed by atoms with Crippen LogP contribution in [0.15, 0.2) is 18.2 Å². The topological polar surface area (TPSA) is 46.3 Å². The fourth-order valence-electron chi connectivity index (χ4n) is 2.72. The molecule has 1 aliphatic heterocycles. The van der Waals surface area contributed by atoms with E-state index in [2.05, 4.69) is 0 Å². The molecule has 0 spiro atoms. The number of benzene rings is 1. The average Bonchev–Trinajstić information content (AvgIpc) is 2.44. The Morgan fingerprint density at radius 3 is 2.86 bits per heavy atom. The van der Waals surface area contributed by atoms with E-state index in [-0.39, 0.29) is 30.3 Å². The maximum atomic E-state index is 13.6. The van der Waals surface area contributed by atoms with Gasteiger partial charge in [-0.2, -0.15) is 0 Å². The van der Waals surface area contributed by atoms with Crippen LogP contribution in [0, 0.1) is 17.6 Å². The van der Waals surface area contributed by atoms with Crippen LogP contribution in [0.25, 0.3) is 0 Å². The monoisotopic (exact) mass is 318 g/mol.